The van der Waals surface area contributed by atoms with Crippen LogP contribution in [0.4, 0.5) is 10.5 Å². The largest absolute Gasteiger partial charge is 0.459 e. The average molecular weight is 541 g/mol. The fourth-order valence-corrected chi connectivity index (χ4v) is 4.68. The second-order valence-corrected chi connectivity index (χ2v) is 9.37. The number of aryl methyl sites for hydroxylation is 1. The van der Waals surface area contributed by atoms with E-state index < -0.39 is 23.9 Å². The van der Waals surface area contributed by atoms with Crippen molar-refractivity contribution in [2.75, 3.05) is 12.3 Å². The van der Waals surface area contributed by atoms with Crippen molar-refractivity contribution in [1.29, 1.82) is 0 Å². The normalized spacial score (nSPS) is 14.8. The lowest BCUT2D eigenvalue weighted by Gasteiger charge is -2.21. The van der Waals surface area contributed by atoms with Crippen molar-refractivity contribution < 1.29 is 19.1 Å². The zero-order valence-electron chi connectivity index (χ0n) is 19.8. The minimum atomic E-state index is -1.22. The summed E-state index contributed by atoms with van der Waals surface area (Å²) in [5, 5.41) is 8.18. The summed E-state index contributed by atoms with van der Waals surface area (Å²) < 4.78 is 5.41. The van der Waals surface area contributed by atoms with E-state index in [2.05, 4.69) is 16.0 Å². The van der Waals surface area contributed by atoms with Crippen molar-refractivity contribution in [1.82, 2.24) is 16.0 Å². The van der Waals surface area contributed by atoms with Gasteiger partial charge in [0.1, 0.15) is 12.6 Å². The van der Waals surface area contributed by atoms with Gasteiger partial charge in [0.2, 0.25) is 0 Å². The zero-order chi connectivity index (χ0) is 26.4. The summed E-state index contributed by atoms with van der Waals surface area (Å²) in [7, 11) is 0. The van der Waals surface area contributed by atoms with Gasteiger partial charge in [0.05, 0.1) is 33.9 Å². The summed E-state index contributed by atoms with van der Waals surface area (Å²) in [6.07, 6.45) is 1.64. The molecule has 0 aliphatic heterocycles. The van der Waals surface area contributed by atoms with E-state index in [-0.39, 0.29) is 40.5 Å². The summed E-state index contributed by atoms with van der Waals surface area (Å²) in [4.78, 5) is 38.6. The number of ether oxygens (including phenoxy) is 1. The van der Waals surface area contributed by atoms with E-state index in [1.165, 1.54) is 17.7 Å². The van der Waals surface area contributed by atoms with E-state index in [0.717, 1.165) is 24.0 Å². The number of nitrogens with one attached hydrogen (secondary N) is 3. The van der Waals surface area contributed by atoms with Gasteiger partial charge < -0.3 is 26.4 Å². The molecule has 0 spiro atoms. The first kappa shape index (κ1) is 26.3. The van der Waals surface area contributed by atoms with Crippen LogP contribution in [0.1, 0.15) is 39.5 Å². The monoisotopic (exact) mass is 540 g/mol. The lowest BCUT2D eigenvalue weighted by Crippen LogP contribution is -2.51. The number of hydrogen-bond donors (Lipinski definition) is 4. The molecular weight excluding hydrogens is 515 g/mol. The van der Waals surface area contributed by atoms with E-state index in [9.17, 15) is 14.4 Å². The SMILES string of the molecule is Nc1ccc(Cl)c(C(=O)N[C@@H](CNC(=O)N[C@@H]2CCc3ccccc32)C(=O)OCc2ccccc2)c1Cl. The van der Waals surface area contributed by atoms with Gasteiger partial charge in [-0.3, -0.25) is 4.79 Å². The Hall–Kier alpha value is -3.75. The van der Waals surface area contributed by atoms with Crippen molar-refractivity contribution in [3.05, 3.63) is 99.0 Å². The number of carbonyl (C=O) groups is 3. The Kier molecular flexibility index (Phi) is 8.53. The van der Waals surface area contributed by atoms with E-state index in [4.69, 9.17) is 33.7 Å². The Morgan fingerprint density at radius 2 is 1.73 bits per heavy atom. The van der Waals surface area contributed by atoms with Crippen molar-refractivity contribution in [2.24, 2.45) is 0 Å². The Morgan fingerprint density at radius 3 is 2.51 bits per heavy atom. The van der Waals surface area contributed by atoms with Crippen molar-refractivity contribution in [3.8, 4) is 0 Å². The zero-order valence-corrected chi connectivity index (χ0v) is 21.3. The molecule has 10 heteroatoms. The van der Waals surface area contributed by atoms with E-state index in [1.54, 1.807) is 12.1 Å². The van der Waals surface area contributed by atoms with Crippen LogP contribution in [0.15, 0.2) is 66.7 Å². The minimum Gasteiger partial charge on any atom is -0.459 e. The van der Waals surface area contributed by atoms with Crippen LogP contribution >= 0.6 is 23.2 Å². The number of carbonyl (C=O) groups excluding carboxylic acids is 3. The molecule has 3 aromatic rings. The highest BCUT2D eigenvalue weighted by molar-refractivity contribution is 6.41. The second kappa shape index (κ2) is 12.0. The fraction of sp³-hybridized carbons (Fsp3) is 0.222. The van der Waals surface area contributed by atoms with Gasteiger partial charge in [-0.2, -0.15) is 0 Å². The minimum absolute atomic E-state index is 0.00308. The van der Waals surface area contributed by atoms with Crippen LogP contribution in [-0.2, 0) is 22.6 Å². The molecule has 0 aromatic heterocycles. The predicted molar refractivity (Wildman–Crippen MR) is 142 cm³/mol. The van der Waals surface area contributed by atoms with Crippen LogP contribution in [0, 0.1) is 0 Å². The van der Waals surface area contributed by atoms with Gasteiger partial charge in [0.25, 0.3) is 5.91 Å². The predicted octanol–water partition coefficient (Wildman–Crippen LogP) is 4.40. The highest BCUT2D eigenvalue weighted by Gasteiger charge is 2.28. The highest BCUT2D eigenvalue weighted by atomic mass is 35.5. The number of hydrogen-bond acceptors (Lipinski definition) is 5. The Morgan fingerprint density at radius 1 is 1.00 bits per heavy atom. The number of benzene rings is 3. The summed E-state index contributed by atoms with van der Waals surface area (Å²) in [5.74, 6) is -1.46. The first-order chi connectivity index (χ1) is 17.8. The lowest BCUT2D eigenvalue weighted by atomic mass is 10.1. The first-order valence-corrected chi connectivity index (χ1v) is 12.5. The van der Waals surface area contributed by atoms with Crippen LogP contribution in [0.5, 0.6) is 0 Å². The Balaban J connectivity index is 1.43. The number of halogens is 2. The second-order valence-electron chi connectivity index (χ2n) is 8.59. The molecule has 3 aromatic carbocycles. The lowest BCUT2D eigenvalue weighted by molar-refractivity contribution is -0.147. The molecule has 0 radical (unpaired) electrons. The maximum Gasteiger partial charge on any atom is 0.330 e. The maximum atomic E-state index is 13.0. The van der Waals surface area contributed by atoms with Gasteiger partial charge in [-0.1, -0.05) is 77.8 Å². The molecule has 0 unspecified atom stereocenters. The topological polar surface area (TPSA) is 123 Å². The van der Waals surface area contributed by atoms with Gasteiger partial charge in [-0.05, 0) is 41.7 Å². The third-order valence-electron chi connectivity index (χ3n) is 6.07. The molecule has 0 saturated carbocycles. The molecule has 192 valence electrons. The number of fused-ring (bicyclic) bond motifs is 1. The summed E-state index contributed by atoms with van der Waals surface area (Å²) >= 11 is 12.4. The number of rotatable bonds is 8. The van der Waals surface area contributed by atoms with Crippen LogP contribution in [0.25, 0.3) is 0 Å². The van der Waals surface area contributed by atoms with E-state index in [0.29, 0.717) is 0 Å². The maximum absolute atomic E-state index is 13.0. The van der Waals surface area contributed by atoms with Crippen LogP contribution in [0.3, 0.4) is 0 Å². The van der Waals surface area contributed by atoms with Crippen LogP contribution < -0.4 is 21.7 Å². The third-order valence-corrected chi connectivity index (χ3v) is 6.79. The van der Waals surface area contributed by atoms with Gasteiger partial charge in [-0.25, -0.2) is 9.59 Å². The first-order valence-electron chi connectivity index (χ1n) is 11.7. The molecule has 4 rings (SSSR count). The van der Waals surface area contributed by atoms with Gasteiger partial charge >= 0.3 is 12.0 Å². The molecule has 1 aliphatic carbocycles. The average Bonchev–Trinajstić information content (AvgIpc) is 3.30. The third kappa shape index (κ3) is 6.53. The van der Waals surface area contributed by atoms with Crippen LogP contribution in [0.2, 0.25) is 10.0 Å². The Bertz CT molecular complexity index is 1300. The van der Waals surface area contributed by atoms with Crippen molar-refractivity contribution in [3.63, 3.8) is 0 Å². The summed E-state index contributed by atoms with van der Waals surface area (Å²) in [5.41, 5.74) is 8.93. The molecule has 0 heterocycles. The van der Waals surface area contributed by atoms with E-state index >= 15 is 0 Å². The number of nitrogen functional groups attached to an aromatic ring is 1. The standard InChI is InChI=1S/C27H26Cl2N4O4/c28-19-11-12-20(30)24(29)23(19)25(34)32-22(26(35)37-15-16-6-2-1-3-7-16)14-31-27(36)33-21-13-10-17-8-4-5-9-18(17)21/h1-9,11-12,21-22H,10,13-15,30H2,(H,32,34)(H2,31,33,36)/t21-,22+/m1/s1. The number of nitrogens with two attached hydrogens (primary N) is 1. The number of anilines is 1. The number of urea groups is 1. The van der Waals surface area contributed by atoms with Gasteiger partial charge in [0, 0.05) is 0 Å². The number of esters is 1. The smallest absolute Gasteiger partial charge is 0.330 e. The quantitative estimate of drug-likeness (QED) is 0.249. The van der Waals surface area contributed by atoms with Gasteiger partial charge in [-0.15, -0.1) is 0 Å². The van der Waals surface area contributed by atoms with Crippen molar-refractivity contribution in [2.45, 2.75) is 31.5 Å². The molecular formula is C27H26Cl2N4O4. The summed E-state index contributed by atoms with van der Waals surface area (Å²) in [6.45, 7) is -0.228. The molecule has 2 atom stereocenters. The molecule has 0 bridgehead atoms. The molecule has 37 heavy (non-hydrogen) atoms. The van der Waals surface area contributed by atoms with E-state index in [1.807, 2.05) is 42.5 Å². The number of amides is 3. The molecule has 1 aliphatic rings. The molecule has 8 nitrogen and oxygen atoms in total. The molecule has 3 amide bonds. The molecule has 0 fully saturated rings. The fourth-order valence-electron chi connectivity index (χ4n) is 4.14. The Labute approximate surface area is 224 Å². The van der Waals surface area contributed by atoms with Crippen molar-refractivity contribution >= 4 is 46.8 Å². The highest BCUT2D eigenvalue weighted by Crippen LogP contribution is 2.31. The molecule has 0 saturated heterocycles. The summed E-state index contributed by atoms with van der Waals surface area (Å²) in [6, 6.07) is 18.1. The van der Waals surface area contributed by atoms with Crippen LogP contribution in [-0.4, -0.2) is 30.5 Å². The van der Waals surface area contributed by atoms with Gasteiger partial charge in [0.15, 0.2) is 0 Å². The molecule has 5 N–H and O–H groups in total.